The molecular formula is C18H16N6S. The van der Waals surface area contributed by atoms with Gasteiger partial charge >= 0.3 is 0 Å². The van der Waals surface area contributed by atoms with Gasteiger partial charge in [-0.3, -0.25) is 4.98 Å². The summed E-state index contributed by atoms with van der Waals surface area (Å²) in [6, 6.07) is 16.0. The number of rotatable bonds is 5. The predicted molar refractivity (Wildman–Crippen MR) is 97.4 cm³/mol. The van der Waals surface area contributed by atoms with Crippen molar-refractivity contribution in [1.29, 1.82) is 0 Å². The molecule has 3 heterocycles. The molecule has 0 aliphatic carbocycles. The van der Waals surface area contributed by atoms with Crippen LogP contribution in [0.4, 0.5) is 0 Å². The molecule has 0 unspecified atom stereocenters. The number of para-hydroxylation sites is 1. The zero-order valence-electron chi connectivity index (χ0n) is 13.6. The van der Waals surface area contributed by atoms with Crippen molar-refractivity contribution >= 4 is 11.8 Å². The molecule has 0 spiro atoms. The highest BCUT2D eigenvalue weighted by Crippen LogP contribution is 2.24. The summed E-state index contributed by atoms with van der Waals surface area (Å²) in [5.41, 5.74) is 3.01. The molecule has 6 nitrogen and oxygen atoms in total. The van der Waals surface area contributed by atoms with Crippen LogP contribution in [0.2, 0.25) is 0 Å². The van der Waals surface area contributed by atoms with Crippen molar-refractivity contribution in [2.75, 3.05) is 0 Å². The van der Waals surface area contributed by atoms with Gasteiger partial charge in [-0.1, -0.05) is 30.0 Å². The first-order chi connectivity index (χ1) is 12.3. The second kappa shape index (κ2) is 6.90. The second-order valence-electron chi connectivity index (χ2n) is 5.48. The Morgan fingerprint density at radius 1 is 1.00 bits per heavy atom. The van der Waals surface area contributed by atoms with Gasteiger partial charge in [-0.15, -0.1) is 10.2 Å². The Kier molecular flexibility index (Phi) is 4.30. The van der Waals surface area contributed by atoms with Gasteiger partial charge in [-0.25, -0.2) is 4.68 Å². The summed E-state index contributed by atoms with van der Waals surface area (Å²) >= 11 is 1.62. The van der Waals surface area contributed by atoms with Crippen molar-refractivity contribution in [1.82, 2.24) is 29.5 Å². The predicted octanol–water partition coefficient (Wildman–Crippen LogP) is 3.36. The van der Waals surface area contributed by atoms with Crippen LogP contribution in [-0.4, -0.2) is 29.5 Å². The lowest BCUT2D eigenvalue weighted by Gasteiger charge is -2.03. The third-order valence-corrected chi connectivity index (χ3v) is 4.82. The highest BCUT2D eigenvalue weighted by molar-refractivity contribution is 7.98. The van der Waals surface area contributed by atoms with Crippen molar-refractivity contribution in [2.45, 2.75) is 10.9 Å². The van der Waals surface area contributed by atoms with Crippen molar-refractivity contribution < 1.29 is 0 Å². The lowest BCUT2D eigenvalue weighted by molar-refractivity contribution is 0.792. The fraction of sp³-hybridized carbons (Fsp3) is 0.111. The van der Waals surface area contributed by atoms with Gasteiger partial charge in [0.25, 0.3) is 0 Å². The summed E-state index contributed by atoms with van der Waals surface area (Å²) in [5.74, 6) is 1.55. The number of nitrogens with zero attached hydrogens (tertiary/aromatic N) is 6. The number of thioether (sulfide) groups is 1. The monoisotopic (exact) mass is 348 g/mol. The summed E-state index contributed by atoms with van der Waals surface area (Å²) in [6.07, 6.45) is 5.52. The molecule has 0 saturated carbocycles. The van der Waals surface area contributed by atoms with Crippen LogP contribution >= 0.6 is 11.8 Å². The molecule has 0 N–H and O–H groups in total. The number of hydrogen-bond donors (Lipinski definition) is 0. The van der Waals surface area contributed by atoms with Crippen molar-refractivity contribution in [3.63, 3.8) is 0 Å². The Labute approximate surface area is 149 Å². The molecule has 3 aromatic heterocycles. The van der Waals surface area contributed by atoms with Crippen LogP contribution < -0.4 is 0 Å². The van der Waals surface area contributed by atoms with Crippen LogP contribution in [0.5, 0.6) is 0 Å². The first-order valence-corrected chi connectivity index (χ1v) is 8.82. The maximum Gasteiger partial charge on any atom is 0.191 e. The third kappa shape index (κ3) is 3.32. The van der Waals surface area contributed by atoms with Gasteiger partial charge in [0.05, 0.1) is 11.4 Å². The SMILES string of the molecule is Cn1c(SCc2ccn(-c3ccccc3)n2)nnc1-c1cccnc1. The molecule has 0 amide bonds. The van der Waals surface area contributed by atoms with Crippen LogP contribution in [0, 0.1) is 0 Å². The number of benzene rings is 1. The minimum absolute atomic E-state index is 0.735. The van der Waals surface area contributed by atoms with E-state index in [1.165, 1.54) is 0 Å². The van der Waals surface area contributed by atoms with Crippen LogP contribution in [0.25, 0.3) is 17.1 Å². The average Bonchev–Trinajstić information content (AvgIpc) is 3.28. The van der Waals surface area contributed by atoms with Gasteiger partial charge < -0.3 is 4.57 Å². The van der Waals surface area contributed by atoms with Crippen LogP contribution in [-0.2, 0) is 12.8 Å². The van der Waals surface area contributed by atoms with Crippen molar-refractivity contribution in [3.8, 4) is 17.1 Å². The Morgan fingerprint density at radius 3 is 2.68 bits per heavy atom. The Balaban J connectivity index is 1.48. The lowest BCUT2D eigenvalue weighted by Crippen LogP contribution is -1.97. The molecule has 0 bridgehead atoms. The first kappa shape index (κ1) is 15.6. The molecule has 4 aromatic rings. The van der Waals surface area contributed by atoms with Gasteiger partial charge in [0.1, 0.15) is 0 Å². The standard InChI is InChI=1S/C18H16N6S/c1-23-17(14-6-5-10-19-12-14)20-21-18(23)25-13-15-9-11-24(22-15)16-7-3-2-4-8-16/h2-12H,13H2,1H3. The molecule has 1 aromatic carbocycles. The van der Waals surface area contributed by atoms with E-state index in [9.17, 15) is 0 Å². The van der Waals surface area contributed by atoms with E-state index in [0.717, 1.165) is 33.7 Å². The Bertz CT molecular complexity index is 962. The zero-order valence-corrected chi connectivity index (χ0v) is 14.5. The van der Waals surface area contributed by atoms with E-state index in [-0.39, 0.29) is 0 Å². The van der Waals surface area contributed by atoms with Gasteiger partial charge in [0, 0.05) is 37.0 Å². The van der Waals surface area contributed by atoms with Crippen LogP contribution in [0.3, 0.4) is 0 Å². The maximum atomic E-state index is 4.62. The van der Waals surface area contributed by atoms with Crippen LogP contribution in [0.1, 0.15) is 5.69 Å². The van der Waals surface area contributed by atoms with E-state index < -0.39 is 0 Å². The molecule has 25 heavy (non-hydrogen) atoms. The molecule has 0 saturated heterocycles. The molecule has 4 rings (SSSR count). The molecule has 124 valence electrons. The maximum absolute atomic E-state index is 4.62. The lowest BCUT2D eigenvalue weighted by atomic mass is 10.3. The molecule has 0 aliphatic heterocycles. The minimum atomic E-state index is 0.735. The Morgan fingerprint density at radius 2 is 1.88 bits per heavy atom. The van der Waals surface area contributed by atoms with E-state index >= 15 is 0 Å². The van der Waals surface area contributed by atoms with Gasteiger partial charge in [-0.2, -0.15) is 5.10 Å². The van der Waals surface area contributed by atoms with Gasteiger partial charge in [0.15, 0.2) is 11.0 Å². The highest BCUT2D eigenvalue weighted by Gasteiger charge is 2.12. The summed E-state index contributed by atoms with van der Waals surface area (Å²) < 4.78 is 3.86. The summed E-state index contributed by atoms with van der Waals surface area (Å²) in [6.45, 7) is 0. The van der Waals surface area contributed by atoms with Gasteiger partial charge in [-0.05, 0) is 30.3 Å². The molecule has 0 aliphatic rings. The van der Waals surface area contributed by atoms with E-state index in [1.807, 2.05) is 71.0 Å². The number of pyridine rings is 1. The van der Waals surface area contributed by atoms with E-state index in [1.54, 1.807) is 24.2 Å². The topological polar surface area (TPSA) is 61.4 Å². The molecule has 0 radical (unpaired) electrons. The summed E-state index contributed by atoms with van der Waals surface area (Å²) in [5, 5.41) is 14.0. The molecule has 7 heteroatoms. The summed E-state index contributed by atoms with van der Waals surface area (Å²) in [4.78, 5) is 4.14. The largest absolute Gasteiger partial charge is 0.305 e. The van der Waals surface area contributed by atoms with E-state index in [4.69, 9.17) is 0 Å². The first-order valence-electron chi connectivity index (χ1n) is 7.84. The molecule has 0 fully saturated rings. The Hall–Kier alpha value is -2.93. The van der Waals surface area contributed by atoms with E-state index in [0.29, 0.717) is 0 Å². The molecule has 0 atom stereocenters. The van der Waals surface area contributed by atoms with Crippen molar-refractivity contribution in [2.24, 2.45) is 7.05 Å². The number of hydrogen-bond acceptors (Lipinski definition) is 5. The normalized spacial score (nSPS) is 10.9. The van der Waals surface area contributed by atoms with Gasteiger partial charge in [0.2, 0.25) is 0 Å². The summed E-state index contributed by atoms with van der Waals surface area (Å²) in [7, 11) is 1.97. The highest BCUT2D eigenvalue weighted by atomic mass is 32.2. The quantitative estimate of drug-likeness (QED) is 0.518. The van der Waals surface area contributed by atoms with Crippen molar-refractivity contribution in [3.05, 3.63) is 72.8 Å². The fourth-order valence-electron chi connectivity index (χ4n) is 2.49. The minimum Gasteiger partial charge on any atom is -0.305 e. The smallest absolute Gasteiger partial charge is 0.191 e. The van der Waals surface area contributed by atoms with Crippen LogP contribution in [0.15, 0.2) is 72.3 Å². The average molecular weight is 348 g/mol. The molecular weight excluding hydrogens is 332 g/mol. The third-order valence-electron chi connectivity index (χ3n) is 3.77. The number of aromatic nitrogens is 6. The fourth-order valence-corrected chi connectivity index (χ4v) is 3.30. The second-order valence-corrected chi connectivity index (χ2v) is 6.43. The van der Waals surface area contributed by atoms with E-state index in [2.05, 4.69) is 20.3 Å². The zero-order chi connectivity index (χ0) is 17.1.